The number of nitrogens with one attached hydrogen (secondary N) is 2. The Bertz CT molecular complexity index is 1500. The predicted octanol–water partition coefficient (Wildman–Crippen LogP) is 4.73. The number of nitrogens with zero attached hydrogens (tertiary/aromatic N) is 4. The number of hydrogen-bond acceptors (Lipinski definition) is 6. The molecule has 49 heavy (non-hydrogen) atoms. The zero-order chi connectivity index (χ0) is 35.5. The zero-order valence-corrected chi connectivity index (χ0v) is 30.7. The van der Waals surface area contributed by atoms with Gasteiger partial charge in [-0.25, -0.2) is 0 Å². The number of likely N-dealkylation sites (N-methyl/N-ethyl adjacent to an activating group) is 2. The highest BCUT2D eigenvalue weighted by atomic mass is 16.2. The summed E-state index contributed by atoms with van der Waals surface area (Å²) in [5, 5.41) is 8.38. The molecule has 5 rings (SSSR count). The first kappa shape index (κ1) is 36.8. The van der Waals surface area contributed by atoms with Gasteiger partial charge in [-0.1, -0.05) is 71.4 Å². The molecule has 3 aliphatic rings. The third-order valence-corrected chi connectivity index (χ3v) is 11.0. The van der Waals surface area contributed by atoms with Gasteiger partial charge in [-0.15, -0.1) is 0 Å². The standard InChI is InChI=1S/C39H58N6O4/c1-26(2)33(43(7)38(49)34(39(3,4)5)41-35(46)30-16-10-11-21-42(30)6)25-44-22-12-18-32(44)37(48)45-23-13-17-31(45)36(47)40-29-20-19-27-14-8-9-15-28(27)24-29/h8-9,14-15,19-20,24,26,30-34H,10-13,16-18,21-23,25H2,1-7H3,(H,40,47)(H,41,46)/t30?,31?,32-,33+,34+/m0/s1. The second-order valence-electron chi connectivity index (χ2n) is 16.0. The Balaban J connectivity index is 1.25. The van der Waals surface area contributed by atoms with Gasteiger partial charge in [-0.05, 0) is 92.9 Å². The normalized spacial score (nSPS) is 23.4. The van der Waals surface area contributed by atoms with Gasteiger partial charge in [0.25, 0.3) is 0 Å². The van der Waals surface area contributed by atoms with Gasteiger partial charge in [0.2, 0.25) is 23.6 Å². The molecule has 2 unspecified atom stereocenters. The lowest BCUT2D eigenvalue weighted by Gasteiger charge is -2.41. The van der Waals surface area contributed by atoms with Crippen LogP contribution in [-0.4, -0.2) is 114 Å². The first-order valence-electron chi connectivity index (χ1n) is 18.4. The molecule has 3 aliphatic heterocycles. The zero-order valence-electron chi connectivity index (χ0n) is 30.7. The Morgan fingerprint density at radius 2 is 1.51 bits per heavy atom. The molecule has 0 spiro atoms. The molecule has 3 heterocycles. The summed E-state index contributed by atoms with van der Waals surface area (Å²) in [7, 11) is 3.82. The van der Waals surface area contributed by atoms with Crippen LogP contribution in [0.3, 0.4) is 0 Å². The SMILES string of the molecule is CC(C)[C@@H](CN1CCC[C@H]1C(=O)N1CCCC1C(=O)Nc1ccc2ccccc2c1)N(C)C(=O)[C@@H](NC(=O)C1CCCCN1C)C(C)(C)C. The molecule has 10 nitrogen and oxygen atoms in total. The summed E-state index contributed by atoms with van der Waals surface area (Å²) >= 11 is 0. The maximum Gasteiger partial charge on any atom is 0.247 e. The van der Waals surface area contributed by atoms with Crippen molar-refractivity contribution in [3.63, 3.8) is 0 Å². The van der Waals surface area contributed by atoms with E-state index in [-0.39, 0.29) is 47.7 Å². The molecule has 0 aliphatic carbocycles. The molecule has 2 N–H and O–H groups in total. The highest BCUT2D eigenvalue weighted by Gasteiger charge is 2.43. The van der Waals surface area contributed by atoms with E-state index in [0.717, 1.165) is 68.1 Å². The highest BCUT2D eigenvalue weighted by Crippen LogP contribution is 2.29. The summed E-state index contributed by atoms with van der Waals surface area (Å²) in [5.74, 6) is -0.212. The Labute approximate surface area is 292 Å². The summed E-state index contributed by atoms with van der Waals surface area (Å²) in [6.07, 6.45) is 5.93. The number of amides is 4. The lowest BCUT2D eigenvalue weighted by Crippen LogP contribution is -2.61. The van der Waals surface area contributed by atoms with Crippen molar-refractivity contribution in [3.8, 4) is 0 Å². The number of piperidine rings is 1. The Morgan fingerprint density at radius 3 is 2.20 bits per heavy atom. The van der Waals surface area contributed by atoms with Crippen molar-refractivity contribution in [2.24, 2.45) is 11.3 Å². The smallest absolute Gasteiger partial charge is 0.247 e. The van der Waals surface area contributed by atoms with Gasteiger partial charge in [0.15, 0.2) is 0 Å². The van der Waals surface area contributed by atoms with Crippen LogP contribution in [0.4, 0.5) is 5.69 Å². The molecule has 0 bridgehead atoms. The Hall–Kier alpha value is -3.50. The first-order valence-corrected chi connectivity index (χ1v) is 18.4. The summed E-state index contributed by atoms with van der Waals surface area (Å²) in [6, 6.07) is 12.0. The highest BCUT2D eigenvalue weighted by molar-refractivity contribution is 6.00. The van der Waals surface area contributed by atoms with Crippen molar-refractivity contribution < 1.29 is 19.2 Å². The van der Waals surface area contributed by atoms with Crippen molar-refractivity contribution in [2.75, 3.05) is 45.6 Å². The van der Waals surface area contributed by atoms with Gasteiger partial charge in [0, 0.05) is 31.9 Å². The van der Waals surface area contributed by atoms with Crippen LogP contribution in [-0.2, 0) is 19.2 Å². The third-order valence-electron chi connectivity index (χ3n) is 11.0. The monoisotopic (exact) mass is 674 g/mol. The van der Waals surface area contributed by atoms with E-state index in [1.165, 1.54) is 0 Å². The van der Waals surface area contributed by atoms with E-state index in [4.69, 9.17) is 0 Å². The number of carbonyl (C=O) groups excluding carboxylic acids is 4. The molecule has 2 aromatic carbocycles. The average molecular weight is 675 g/mol. The fourth-order valence-corrected chi connectivity index (χ4v) is 7.99. The number of rotatable bonds is 10. The Kier molecular flexibility index (Phi) is 11.7. The van der Waals surface area contributed by atoms with E-state index in [1.807, 2.05) is 77.3 Å². The third kappa shape index (κ3) is 8.46. The van der Waals surface area contributed by atoms with Crippen molar-refractivity contribution in [2.45, 2.75) is 110 Å². The molecule has 0 saturated carbocycles. The van der Waals surface area contributed by atoms with Gasteiger partial charge < -0.3 is 20.4 Å². The lowest BCUT2D eigenvalue weighted by molar-refractivity contribution is -0.143. The molecule has 5 atom stereocenters. The molecule has 3 saturated heterocycles. The van der Waals surface area contributed by atoms with Gasteiger partial charge in [-0.2, -0.15) is 0 Å². The molecule has 0 radical (unpaired) electrons. The molecule has 10 heteroatoms. The topological polar surface area (TPSA) is 105 Å². The van der Waals surface area contributed by atoms with Gasteiger partial charge >= 0.3 is 0 Å². The second-order valence-corrected chi connectivity index (χ2v) is 16.0. The minimum absolute atomic E-state index is 0.00146. The van der Waals surface area contributed by atoms with E-state index in [1.54, 1.807) is 9.80 Å². The lowest BCUT2D eigenvalue weighted by atomic mass is 9.84. The van der Waals surface area contributed by atoms with E-state index < -0.39 is 17.5 Å². The minimum atomic E-state index is -0.677. The maximum atomic E-state index is 14.2. The number of hydrogen-bond donors (Lipinski definition) is 2. The molecule has 4 amide bonds. The second kappa shape index (κ2) is 15.6. The van der Waals surface area contributed by atoms with Crippen LogP contribution in [0.2, 0.25) is 0 Å². The van der Waals surface area contributed by atoms with Crippen LogP contribution in [0.5, 0.6) is 0 Å². The van der Waals surface area contributed by atoms with Crippen molar-refractivity contribution in [3.05, 3.63) is 42.5 Å². The largest absolute Gasteiger partial charge is 0.342 e. The van der Waals surface area contributed by atoms with E-state index in [0.29, 0.717) is 19.5 Å². The number of benzene rings is 2. The van der Waals surface area contributed by atoms with Crippen LogP contribution in [0.25, 0.3) is 10.8 Å². The van der Waals surface area contributed by atoms with Gasteiger partial charge in [-0.3, -0.25) is 29.0 Å². The van der Waals surface area contributed by atoms with E-state index in [2.05, 4.69) is 34.3 Å². The van der Waals surface area contributed by atoms with Crippen molar-refractivity contribution in [1.82, 2.24) is 24.9 Å². The van der Waals surface area contributed by atoms with E-state index >= 15 is 0 Å². The average Bonchev–Trinajstić information content (AvgIpc) is 3.75. The Morgan fingerprint density at radius 1 is 0.837 bits per heavy atom. The van der Waals surface area contributed by atoms with E-state index in [9.17, 15) is 19.2 Å². The number of anilines is 1. The quantitative estimate of drug-likeness (QED) is 0.378. The summed E-state index contributed by atoms with van der Waals surface area (Å²) < 4.78 is 0. The molecule has 0 aromatic heterocycles. The fraction of sp³-hybridized carbons (Fsp3) is 0.641. The number of fused-ring (bicyclic) bond motifs is 1. The number of likely N-dealkylation sites (tertiary alicyclic amines) is 3. The molecular formula is C39H58N6O4. The molecule has 2 aromatic rings. The van der Waals surface area contributed by atoms with Crippen molar-refractivity contribution >= 4 is 40.1 Å². The fourth-order valence-electron chi connectivity index (χ4n) is 7.99. The van der Waals surface area contributed by atoms with Crippen LogP contribution >= 0.6 is 0 Å². The number of carbonyl (C=O) groups is 4. The maximum absolute atomic E-state index is 14.2. The van der Waals surface area contributed by atoms with Gasteiger partial charge in [0.05, 0.1) is 12.1 Å². The predicted molar refractivity (Wildman–Crippen MR) is 195 cm³/mol. The first-order chi connectivity index (χ1) is 23.3. The minimum Gasteiger partial charge on any atom is -0.342 e. The van der Waals surface area contributed by atoms with Crippen LogP contribution in [0.15, 0.2) is 42.5 Å². The van der Waals surface area contributed by atoms with Crippen LogP contribution in [0, 0.1) is 11.3 Å². The molecule has 268 valence electrons. The van der Waals surface area contributed by atoms with Crippen LogP contribution in [0.1, 0.15) is 79.6 Å². The molecule has 3 fully saturated rings. The summed E-state index contributed by atoms with van der Waals surface area (Å²) in [5.41, 5.74) is 0.244. The van der Waals surface area contributed by atoms with Gasteiger partial charge in [0.1, 0.15) is 12.1 Å². The summed E-state index contributed by atoms with van der Waals surface area (Å²) in [6.45, 7) is 13.0. The molecular weight excluding hydrogens is 616 g/mol. The van der Waals surface area contributed by atoms with Crippen molar-refractivity contribution in [1.29, 1.82) is 0 Å². The summed E-state index contributed by atoms with van der Waals surface area (Å²) in [4.78, 5) is 63.3. The van der Waals surface area contributed by atoms with Crippen LogP contribution < -0.4 is 10.6 Å².